The minimum atomic E-state index is 0.184. The molecule has 0 aromatic carbocycles. The van der Waals surface area contributed by atoms with Crippen LogP contribution in [0.25, 0.3) is 0 Å². The Hall–Kier alpha value is -0.280. The molecule has 0 amide bonds. The summed E-state index contributed by atoms with van der Waals surface area (Å²) < 4.78 is 6.18. The van der Waals surface area contributed by atoms with Gasteiger partial charge in [0.05, 0.1) is 0 Å². The quantitative estimate of drug-likeness (QED) is 0.886. The van der Waals surface area contributed by atoms with Gasteiger partial charge in [0.15, 0.2) is 4.67 Å². The Kier molecular flexibility index (Phi) is 3.56. The van der Waals surface area contributed by atoms with Gasteiger partial charge in [-0.2, -0.15) is 0 Å². The lowest BCUT2D eigenvalue weighted by Gasteiger charge is -2.19. The fourth-order valence-electron chi connectivity index (χ4n) is 1.05. The summed E-state index contributed by atoms with van der Waals surface area (Å²) in [6, 6.07) is 3.92. The van der Waals surface area contributed by atoms with Crippen molar-refractivity contribution in [2.24, 2.45) is 0 Å². The van der Waals surface area contributed by atoms with Crippen LogP contribution in [-0.2, 0) is 6.42 Å². The number of furan rings is 1. The normalized spacial score (nSPS) is 12.0. The molecule has 0 spiro atoms. The minimum Gasteiger partial charge on any atom is -0.454 e. The highest BCUT2D eigenvalue weighted by Crippen LogP contribution is 2.14. The van der Waals surface area contributed by atoms with Gasteiger partial charge in [0.2, 0.25) is 0 Å². The minimum absolute atomic E-state index is 0.184. The summed E-state index contributed by atoms with van der Waals surface area (Å²) in [6.07, 6.45) is 0.933. The van der Waals surface area contributed by atoms with Crippen molar-refractivity contribution in [1.82, 2.24) is 5.32 Å². The van der Waals surface area contributed by atoms with Gasteiger partial charge >= 0.3 is 0 Å². The molecule has 1 N–H and O–H groups in total. The third-order valence-corrected chi connectivity index (χ3v) is 2.08. The van der Waals surface area contributed by atoms with Crippen LogP contribution in [0.15, 0.2) is 21.2 Å². The van der Waals surface area contributed by atoms with Gasteiger partial charge in [-0.25, -0.2) is 0 Å². The van der Waals surface area contributed by atoms with Gasteiger partial charge in [-0.3, -0.25) is 0 Å². The smallest absolute Gasteiger partial charge is 0.169 e. The Balaban J connectivity index is 2.28. The SMILES string of the molecule is CC(C)(C)NCCc1ccc(Br)o1. The molecular formula is C10H16BrNO. The lowest BCUT2D eigenvalue weighted by atomic mass is 10.1. The van der Waals surface area contributed by atoms with Crippen LogP contribution in [0.5, 0.6) is 0 Å². The average molecular weight is 246 g/mol. The number of halogens is 1. The van der Waals surface area contributed by atoms with E-state index in [9.17, 15) is 0 Å². The highest BCUT2D eigenvalue weighted by molar-refractivity contribution is 9.10. The molecule has 1 heterocycles. The number of hydrogen-bond donors (Lipinski definition) is 1. The zero-order valence-electron chi connectivity index (χ0n) is 8.36. The molecule has 3 heteroatoms. The Morgan fingerprint density at radius 2 is 2.08 bits per heavy atom. The fraction of sp³-hybridized carbons (Fsp3) is 0.600. The summed E-state index contributed by atoms with van der Waals surface area (Å²) in [7, 11) is 0. The molecule has 1 aromatic heterocycles. The number of rotatable bonds is 3. The summed E-state index contributed by atoms with van der Waals surface area (Å²) in [5, 5.41) is 3.40. The van der Waals surface area contributed by atoms with Gasteiger partial charge in [-0.15, -0.1) is 0 Å². The first-order valence-electron chi connectivity index (χ1n) is 4.47. The highest BCUT2D eigenvalue weighted by atomic mass is 79.9. The first kappa shape index (κ1) is 10.8. The zero-order valence-corrected chi connectivity index (χ0v) is 9.94. The molecule has 0 saturated heterocycles. The van der Waals surface area contributed by atoms with Gasteiger partial charge < -0.3 is 9.73 Å². The van der Waals surface area contributed by atoms with Crippen molar-refractivity contribution in [2.75, 3.05) is 6.54 Å². The molecule has 0 aliphatic heterocycles. The molecule has 74 valence electrons. The van der Waals surface area contributed by atoms with E-state index in [-0.39, 0.29) is 5.54 Å². The van der Waals surface area contributed by atoms with E-state index in [2.05, 4.69) is 42.0 Å². The van der Waals surface area contributed by atoms with Gasteiger partial charge in [-0.05, 0) is 48.8 Å². The predicted molar refractivity (Wildman–Crippen MR) is 57.9 cm³/mol. The first-order valence-corrected chi connectivity index (χ1v) is 5.26. The second kappa shape index (κ2) is 4.29. The van der Waals surface area contributed by atoms with Gasteiger partial charge in [0, 0.05) is 18.5 Å². The summed E-state index contributed by atoms with van der Waals surface area (Å²) >= 11 is 3.28. The van der Waals surface area contributed by atoms with Crippen LogP contribution in [0.1, 0.15) is 26.5 Å². The molecule has 0 radical (unpaired) electrons. The van der Waals surface area contributed by atoms with Crippen LogP contribution in [0, 0.1) is 0 Å². The van der Waals surface area contributed by atoms with Crippen LogP contribution < -0.4 is 5.32 Å². The molecule has 2 nitrogen and oxygen atoms in total. The Labute approximate surface area is 87.8 Å². The zero-order chi connectivity index (χ0) is 9.90. The average Bonchev–Trinajstić information content (AvgIpc) is 2.33. The molecule has 1 aromatic rings. The lowest BCUT2D eigenvalue weighted by Crippen LogP contribution is -2.37. The van der Waals surface area contributed by atoms with E-state index in [1.807, 2.05) is 12.1 Å². The Morgan fingerprint density at radius 1 is 1.38 bits per heavy atom. The third-order valence-electron chi connectivity index (χ3n) is 1.66. The van der Waals surface area contributed by atoms with Crippen molar-refractivity contribution in [2.45, 2.75) is 32.7 Å². The molecule has 0 saturated carbocycles. The first-order chi connectivity index (χ1) is 5.97. The summed E-state index contributed by atoms with van der Waals surface area (Å²) in [4.78, 5) is 0. The van der Waals surface area contributed by atoms with Crippen LogP contribution in [0.4, 0.5) is 0 Å². The molecule has 0 unspecified atom stereocenters. The van der Waals surface area contributed by atoms with E-state index in [0.29, 0.717) is 0 Å². The highest BCUT2D eigenvalue weighted by Gasteiger charge is 2.08. The van der Waals surface area contributed by atoms with Crippen molar-refractivity contribution >= 4 is 15.9 Å². The third kappa shape index (κ3) is 4.48. The maximum Gasteiger partial charge on any atom is 0.169 e. The second-order valence-corrected chi connectivity index (χ2v) is 4.91. The maximum atomic E-state index is 5.37. The molecule has 0 aliphatic carbocycles. The molecule has 1 rings (SSSR count). The van der Waals surface area contributed by atoms with Gasteiger partial charge in [-0.1, -0.05) is 0 Å². The van der Waals surface area contributed by atoms with Crippen molar-refractivity contribution in [3.8, 4) is 0 Å². The largest absolute Gasteiger partial charge is 0.454 e. The van der Waals surface area contributed by atoms with Crippen molar-refractivity contribution < 1.29 is 4.42 Å². The van der Waals surface area contributed by atoms with E-state index >= 15 is 0 Å². The summed E-state index contributed by atoms with van der Waals surface area (Å²) in [5.41, 5.74) is 0.184. The fourth-order valence-corrected chi connectivity index (χ4v) is 1.39. The standard InChI is InChI=1S/C10H16BrNO/c1-10(2,3)12-7-6-8-4-5-9(11)13-8/h4-5,12H,6-7H2,1-3H3. The molecular weight excluding hydrogens is 230 g/mol. The van der Waals surface area contributed by atoms with Crippen LogP contribution in [-0.4, -0.2) is 12.1 Å². The van der Waals surface area contributed by atoms with E-state index < -0.39 is 0 Å². The monoisotopic (exact) mass is 245 g/mol. The van der Waals surface area contributed by atoms with Crippen molar-refractivity contribution in [1.29, 1.82) is 0 Å². The summed E-state index contributed by atoms with van der Waals surface area (Å²) in [5.74, 6) is 1.02. The number of hydrogen-bond acceptors (Lipinski definition) is 2. The van der Waals surface area contributed by atoms with Crippen LogP contribution >= 0.6 is 15.9 Å². The Bertz CT molecular complexity index is 262. The predicted octanol–water partition coefficient (Wildman–Crippen LogP) is 2.97. The molecule has 0 aliphatic rings. The van der Waals surface area contributed by atoms with Crippen LogP contribution in [0.2, 0.25) is 0 Å². The van der Waals surface area contributed by atoms with Gasteiger partial charge in [0.25, 0.3) is 0 Å². The van der Waals surface area contributed by atoms with Crippen molar-refractivity contribution in [3.63, 3.8) is 0 Å². The Morgan fingerprint density at radius 3 is 2.54 bits per heavy atom. The van der Waals surface area contributed by atoms with Crippen LogP contribution in [0.3, 0.4) is 0 Å². The topological polar surface area (TPSA) is 25.2 Å². The van der Waals surface area contributed by atoms with E-state index in [4.69, 9.17) is 4.42 Å². The van der Waals surface area contributed by atoms with E-state index in [1.54, 1.807) is 0 Å². The van der Waals surface area contributed by atoms with Crippen molar-refractivity contribution in [3.05, 3.63) is 22.6 Å². The summed E-state index contributed by atoms with van der Waals surface area (Å²) in [6.45, 7) is 7.42. The second-order valence-electron chi connectivity index (χ2n) is 4.13. The molecule has 0 fully saturated rings. The molecule has 13 heavy (non-hydrogen) atoms. The van der Waals surface area contributed by atoms with E-state index in [1.165, 1.54) is 0 Å². The molecule has 0 bridgehead atoms. The van der Waals surface area contributed by atoms with E-state index in [0.717, 1.165) is 23.4 Å². The lowest BCUT2D eigenvalue weighted by molar-refractivity contribution is 0.411. The maximum absolute atomic E-state index is 5.37. The number of nitrogens with one attached hydrogen (secondary N) is 1. The van der Waals surface area contributed by atoms with Gasteiger partial charge in [0.1, 0.15) is 5.76 Å². The molecule has 0 atom stereocenters.